The Kier molecular flexibility index (Phi) is 8.24. The number of nitrogens with zero attached hydrogens (tertiary/aromatic N) is 3. The van der Waals surface area contributed by atoms with Crippen molar-refractivity contribution < 1.29 is 17.9 Å². The van der Waals surface area contributed by atoms with Crippen molar-refractivity contribution in [3.63, 3.8) is 0 Å². The summed E-state index contributed by atoms with van der Waals surface area (Å²) in [5, 5.41) is 11.9. The fourth-order valence-electron chi connectivity index (χ4n) is 3.13. The van der Waals surface area contributed by atoms with Crippen LogP contribution < -0.4 is 19.7 Å². The molecule has 2 N–H and O–H groups in total. The summed E-state index contributed by atoms with van der Waals surface area (Å²) in [5.74, 6) is -0.199. The summed E-state index contributed by atoms with van der Waals surface area (Å²) in [7, 11) is 1.50. The maximum absolute atomic E-state index is 13.1. The summed E-state index contributed by atoms with van der Waals surface area (Å²) in [6.07, 6.45) is 0.600. The maximum atomic E-state index is 13.1. The van der Waals surface area contributed by atoms with Crippen molar-refractivity contribution in [1.82, 2.24) is 14.9 Å². The molecule has 1 amide bonds. The van der Waals surface area contributed by atoms with Gasteiger partial charge in [0.25, 0.3) is 0 Å². The van der Waals surface area contributed by atoms with Crippen LogP contribution in [0, 0.1) is 5.92 Å². The number of hydrogen-bond donors (Lipinski definition) is 2. The molecule has 2 unspecified atom stereocenters. The van der Waals surface area contributed by atoms with Gasteiger partial charge in [0.05, 0.1) is 12.0 Å². The number of amides is 1. The quantitative estimate of drug-likeness (QED) is 0.434. The first-order valence-corrected chi connectivity index (χ1v) is 13.0. The molecule has 0 saturated carbocycles. The summed E-state index contributed by atoms with van der Waals surface area (Å²) in [6.45, 7) is 3.71. The van der Waals surface area contributed by atoms with Gasteiger partial charge in [0.2, 0.25) is 21.1 Å². The van der Waals surface area contributed by atoms with Gasteiger partial charge in [-0.25, -0.2) is 8.42 Å². The monoisotopic (exact) mass is 503 g/mol. The van der Waals surface area contributed by atoms with Crippen LogP contribution in [0.25, 0.3) is 10.6 Å². The number of carbonyl (C=O) groups is 1. The third-order valence-electron chi connectivity index (χ3n) is 5.43. The normalized spacial score (nSPS) is 13.2. The molecule has 1 heterocycles. The lowest BCUT2D eigenvalue weighted by atomic mass is 9.99. The second kappa shape index (κ2) is 10.9. The first kappa shape index (κ1) is 25.6. The first-order chi connectivity index (χ1) is 16.1. The number of aromatic nitrogens is 2. The Balaban J connectivity index is 1.75. The predicted molar refractivity (Wildman–Crippen MR) is 135 cm³/mol. The lowest BCUT2D eigenvalue weighted by molar-refractivity contribution is -0.118. The van der Waals surface area contributed by atoms with Crippen LogP contribution in [0.4, 0.5) is 10.8 Å². The fraction of sp³-hybridized carbons (Fsp3) is 0.348. The Morgan fingerprint density at radius 1 is 1.09 bits per heavy atom. The number of ether oxygens (including phenoxy) is 1. The van der Waals surface area contributed by atoms with Gasteiger partial charge in [-0.1, -0.05) is 31.6 Å². The number of rotatable bonds is 10. The molecule has 1 aromatic heterocycles. The molecule has 3 rings (SSSR count). The number of sulfonamides is 1. The second-order valence-corrected chi connectivity index (χ2v) is 10.7. The van der Waals surface area contributed by atoms with Gasteiger partial charge in [-0.05, 0) is 54.4 Å². The molecule has 0 bridgehead atoms. The van der Waals surface area contributed by atoms with Crippen molar-refractivity contribution in [3.05, 3.63) is 48.5 Å². The summed E-state index contributed by atoms with van der Waals surface area (Å²) in [4.78, 5) is 15.1. The Labute approximate surface area is 204 Å². The number of carbonyl (C=O) groups excluding carboxylic acids is 1. The smallest absolute Gasteiger partial charge is 0.244 e. The summed E-state index contributed by atoms with van der Waals surface area (Å²) < 4.78 is 33.5. The Morgan fingerprint density at radius 3 is 2.29 bits per heavy atom. The van der Waals surface area contributed by atoms with Crippen molar-refractivity contribution in [2.75, 3.05) is 31.4 Å². The summed E-state index contributed by atoms with van der Waals surface area (Å²) in [6, 6.07) is 12.8. The van der Waals surface area contributed by atoms with E-state index in [1.54, 1.807) is 12.1 Å². The fourth-order valence-corrected chi connectivity index (χ4v) is 5.19. The third kappa shape index (κ3) is 6.10. The predicted octanol–water partition coefficient (Wildman–Crippen LogP) is 3.61. The van der Waals surface area contributed by atoms with Crippen LogP contribution in [-0.2, 0) is 14.8 Å². The zero-order chi connectivity index (χ0) is 24.9. The van der Waals surface area contributed by atoms with Crippen molar-refractivity contribution in [3.8, 4) is 16.3 Å². The largest absolute Gasteiger partial charge is 0.497 e. The van der Waals surface area contributed by atoms with E-state index in [1.165, 1.54) is 30.6 Å². The number of nitrogens with one attached hydrogen (secondary N) is 2. The molecule has 2 atom stereocenters. The molecule has 9 nitrogen and oxygen atoms in total. The lowest BCUT2D eigenvalue weighted by Crippen LogP contribution is -2.47. The van der Waals surface area contributed by atoms with Gasteiger partial charge < -0.3 is 9.64 Å². The second-order valence-electron chi connectivity index (χ2n) is 8.00. The topological polar surface area (TPSA) is 114 Å². The Bertz CT molecular complexity index is 1210. The minimum atomic E-state index is -3.93. The zero-order valence-electron chi connectivity index (χ0n) is 19.8. The average Bonchev–Trinajstić information content (AvgIpc) is 3.30. The van der Waals surface area contributed by atoms with E-state index in [0.29, 0.717) is 22.3 Å². The molecule has 3 aromatic rings. The molecule has 34 heavy (non-hydrogen) atoms. The molecule has 11 heteroatoms. The van der Waals surface area contributed by atoms with Crippen LogP contribution >= 0.6 is 11.3 Å². The number of hydrogen-bond acceptors (Lipinski definition) is 8. The van der Waals surface area contributed by atoms with Crippen molar-refractivity contribution >= 4 is 38.1 Å². The van der Waals surface area contributed by atoms with Crippen LogP contribution in [0.15, 0.2) is 53.4 Å². The van der Waals surface area contributed by atoms with Gasteiger partial charge in [0.15, 0.2) is 0 Å². The van der Waals surface area contributed by atoms with E-state index >= 15 is 0 Å². The third-order valence-corrected chi connectivity index (χ3v) is 7.78. The molecule has 0 radical (unpaired) electrons. The van der Waals surface area contributed by atoms with E-state index in [4.69, 9.17) is 4.74 Å². The van der Waals surface area contributed by atoms with E-state index in [-0.39, 0.29) is 10.8 Å². The van der Waals surface area contributed by atoms with Gasteiger partial charge in [0, 0.05) is 25.3 Å². The Hall–Kier alpha value is -3.02. The minimum Gasteiger partial charge on any atom is -0.497 e. The van der Waals surface area contributed by atoms with Crippen LogP contribution in [0.3, 0.4) is 0 Å². The summed E-state index contributed by atoms with van der Waals surface area (Å²) >= 11 is 1.22. The highest BCUT2D eigenvalue weighted by Crippen LogP contribution is 2.28. The van der Waals surface area contributed by atoms with Crippen molar-refractivity contribution in [2.24, 2.45) is 5.92 Å². The number of methoxy groups -OCH3 is 1. The van der Waals surface area contributed by atoms with Gasteiger partial charge >= 0.3 is 0 Å². The lowest BCUT2D eigenvalue weighted by Gasteiger charge is -2.22. The molecule has 0 saturated heterocycles. The molecule has 0 aliphatic rings. The van der Waals surface area contributed by atoms with Crippen molar-refractivity contribution in [1.29, 1.82) is 0 Å². The van der Waals surface area contributed by atoms with E-state index in [0.717, 1.165) is 11.3 Å². The molecule has 0 spiro atoms. The molecule has 182 valence electrons. The minimum absolute atomic E-state index is 0.0498. The highest BCUT2D eigenvalue weighted by atomic mass is 32.2. The standard InChI is InChI=1S/C23H29N5O4S2/c1-6-15(2)20(27-34(30,31)19-13-11-18(32-5)12-14-19)21(29)24-23-26-25-22(33-23)16-7-9-17(10-8-16)28(3)4/h7-15,20,27H,6H2,1-5H3,(H,24,26,29). The van der Waals surface area contributed by atoms with Gasteiger partial charge in [-0.2, -0.15) is 4.72 Å². The Morgan fingerprint density at radius 2 is 1.74 bits per heavy atom. The number of anilines is 2. The molecular formula is C23H29N5O4S2. The average molecular weight is 504 g/mol. The van der Waals surface area contributed by atoms with Crippen LogP contribution in [0.5, 0.6) is 5.75 Å². The van der Waals surface area contributed by atoms with Crippen molar-refractivity contribution in [2.45, 2.75) is 31.2 Å². The van der Waals surface area contributed by atoms with Gasteiger partial charge in [-0.3, -0.25) is 10.1 Å². The van der Waals surface area contributed by atoms with Gasteiger partial charge in [-0.15, -0.1) is 10.2 Å². The van der Waals surface area contributed by atoms with Crippen LogP contribution in [-0.4, -0.2) is 51.8 Å². The van der Waals surface area contributed by atoms with Crippen LogP contribution in [0.2, 0.25) is 0 Å². The van der Waals surface area contributed by atoms with E-state index < -0.39 is 22.0 Å². The van der Waals surface area contributed by atoms with Crippen LogP contribution in [0.1, 0.15) is 20.3 Å². The highest BCUT2D eigenvalue weighted by molar-refractivity contribution is 7.89. The van der Waals surface area contributed by atoms with E-state index in [9.17, 15) is 13.2 Å². The van der Waals surface area contributed by atoms with E-state index in [1.807, 2.05) is 57.1 Å². The number of benzene rings is 2. The SMILES string of the molecule is CCC(C)C(NS(=O)(=O)c1ccc(OC)cc1)C(=O)Nc1nnc(-c2ccc(N(C)C)cc2)s1. The van der Waals surface area contributed by atoms with Gasteiger partial charge in [0.1, 0.15) is 16.8 Å². The van der Waals surface area contributed by atoms with E-state index in [2.05, 4.69) is 20.2 Å². The molecule has 0 aliphatic carbocycles. The molecule has 0 aliphatic heterocycles. The maximum Gasteiger partial charge on any atom is 0.244 e. The highest BCUT2D eigenvalue weighted by Gasteiger charge is 2.30. The molecule has 2 aromatic carbocycles. The zero-order valence-corrected chi connectivity index (χ0v) is 21.4. The molecular weight excluding hydrogens is 474 g/mol. The molecule has 0 fully saturated rings. The summed E-state index contributed by atoms with van der Waals surface area (Å²) in [5.41, 5.74) is 1.93. The first-order valence-electron chi connectivity index (χ1n) is 10.7.